The van der Waals surface area contributed by atoms with E-state index in [2.05, 4.69) is 0 Å². The number of carbonyl (C=O) groups is 2. The van der Waals surface area contributed by atoms with Crippen molar-refractivity contribution in [3.05, 3.63) is 0 Å². The number of hydrogen-bond acceptors (Lipinski definition) is 4. The van der Waals surface area contributed by atoms with Crippen LogP contribution >= 0.6 is 0 Å². The molecule has 1 atom stereocenters. The van der Waals surface area contributed by atoms with Crippen LogP contribution in [0.1, 0.15) is 34.1 Å². The molecule has 0 aliphatic rings. The first-order chi connectivity index (χ1) is 8.10. The molecule has 1 amide bonds. The molecule has 0 aliphatic heterocycles. The summed E-state index contributed by atoms with van der Waals surface area (Å²) in [5.74, 6) is -1.11. The first kappa shape index (κ1) is 16.7. The summed E-state index contributed by atoms with van der Waals surface area (Å²) < 4.78 is 10.1. The molecule has 0 heterocycles. The minimum Gasteiger partial charge on any atom is -0.479 e. The average molecular weight is 261 g/mol. The number of carboxylic acid groups (broad SMARTS) is 1. The zero-order valence-electron chi connectivity index (χ0n) is 11.9. The topological polar surface area (TPSA) is 76.1 Å². The van der Waals surface area contributed by atoms with E-state index < -0.39 is 23.2 Å². The predicted octanol–water partition coefficient (Wildman–Crippen LogP) is 1.73. The molecule has 0 spiro atoms. The van der Waals surface area contributed by atoms with Crippen molar-refractivity contribution < 1.29 is 24.2 Å². The standard InChI is InChI=1S/C12H23NO5/c1-7-12(8-17-6,9(14)15)13(5)10(16)18-11(2,3)4/h7-8H2,1-6H3,(H,14,15). The van der Waals surface area contributed by atoms with Gasteiger partial charge in [-0.25, -0.2) is 9.59 Å². The normalized spacial score (nSPS) is 14.8. The number of ether oxygens (including phenoxy) is 2. The van der Waals surface area contributed by atoms with Gasteiger partial charge in [-0.15, -0.1) is 0 Å². The first-order valence-electron chi connectivity index (χ1n) is 5.80. The molecule has 1 unspecified atom stereocenters. The average Bonchev–Trinajstić information content (AvgIpc) is 2.22. The second-order valence-corrected chi connectivity index (χ2v) is 5.16. The molecule has 0 aromatic rings. The van der Waals surface area contributed by atoms with Gasteiger partial charge in [0.05, 0.1) is 6.61 Å². The molecule has 0 rings (SSSR count). The quantitative estimate of drug-likeness (QED) is 0.815. The second kappa shape index (κ2) is 6.04. The number of methoxy groups -OCH3 is 1. The lowest BCUT2D eigenvalue weighted by atomic mass is 9.96. The molecule has 0 saturated heterocycles. The van der Waals surface area contributed by atoms with Gasteiger partial charge in [-0.3, -0.25) is 4.90 Å². The van der Waals surface area contributed by atoms with Gasteiger partial charge in [0.15, 0.2) is 5.54 Å². The number of nitrogens with zero attached hydrogens (tertiary/aromatic N) is 1. The van der Waals surface area contributed by atoms with Crippen LogP contribution < -0.4 is 0 Å². The Bertz CT molecular complexity index is 310. The largest absolute Gasteiger partial charge is 0.479 e. The number of carbonyl (C=O) groups excluding carboxylic acids is 1. The maximum atomic E-state index is 11.9. The summed E-state index contributed by atoms with van der Waals surface area (Å²) in [6, 6.07) is 0. The lowest BCUT2D eigenvalue weighted by Crippen LogP contribution is -2.58. The minimum atomic E-state index is -1.41. The molecule has 0 aromatic heterocycles. The van der Waals surface area contributed by atoms with Crippen molar-refractivity contribution >= 4 is 12.1 Å². The summed E-state index contributed by atoms with van der Waals surface area (Å²) in [7, 11) is 2.81. The Morgan fingerprint density at radius 3 is 2.06 bits per heavy atom. The van der Waals surface area contributed by atoms with Crippen molar-refractivity contribution in [2.24, 2.45) is 0 Å². The molecule has 0 radical (unpaired) electrons. The van der Waals surface area contributed by atoms with Crippen LogP contribution in [0.25, 0.3) is 0 Å². The number of likely N-dealkylation sites (N-methyl/N-ethyl adjacent to an activating group) is 1. The first-order valence-corrected chi connectivity index (χ1v) is 5.80. The highest BCUT2D eigenvalue weighted by Crippen LogP contribution is 2.22. The van der Waals surface area contributed by atoms with Gasteiger partial charge in [-0.05, 0) is 27.2 Å². The SMILES string of the molecule is CCC(COC)(C(=O)O)N(C)C(=O)OC(C)(C)C. The fourth-order valence-corrected chi connectivity index (χ4v) is 1.54. The van der Waals surface area contributed by atoms with E-state index in [1.54, 1.807) is 27.7 Å². The van der Waals surface area contributed by atoms with Crippen LogP contribution in [-0.4, -0.2) is 54.0 Å². The molecule has 0 saturated carbocycles. The molecule has 6 nitrogen and oxygen atoms in total. The third kappa shape index (κ3) is 3.87. The van der Waals surface area contributed by atoms with Gasteiger partial charge in [-0.1, -0.05) is 6.92 Å². The molecule has 6 heteroatoms. The van der Waals surface area contributed by atoms with Gasteiger partial charge >= 0.3 is 12.1 Å². The zero-order chi connectivity index (χ0) is 14.6. The van der Waals surface area contributed by atoms with Gasteiger partial charge in [0.25, 0.3) is 0 Å². The van der Waals surface area contributed by atoms with Crippen LogP contribution in [0, 0.1) is 0 Å². The predicted molar refractivity (Wildman–Crippen MR) is 66.5 cm³/mol. The van der Waals surface area contributed by atoms with Crippen LogP contribution in [0.15, 0.2) is 0 Å². The van der Waals surface area contributed by atoms with Crippen LogP contribution in [0.3, 0.4) is 0 Å². The highest BCUT2D eigenvalue weighted by atomic mass is 16.6. The van der Waals surface area contributed by atoms with Gasteiger partial charge in [0, 0.05) is 14.2 Å². The maximum Gasteiger partial charge on any atom is 0.411 e. The Labute approximate surface area is 108 Å². The van der Waals surface area contributed by atoms with Crippen LogP contribution in [0.4, 0.5) is 4.79 Å². The summed E-state index contributed by atoms with van der Waals surface area (Å²) in [6.07, 6.45) is -0.449. The molecular formula is C12H23NO5. The Hall–Kier alpha value is -1.30. The van der Waals surface area contributed by atoms with Crippen molar-refractivity contribution in [1.29, 1.82) is 0 Å². The van der Waals surface area contributed by atoms with Crippen molar-refractivity contribution in [2.75, 3.05) is 20.8 Å². The van der Waals surface area contributed by atoms with Crippen molar-refractivity contribution in [3.63, 3.8) is 0 Å². The van der Waals surface area contributed by atoms with Gasteiger partial charge < -0.3 is 14.6 Å². The van der Waals surface area contributed by atoms with Crippen molar-refractivity contribution in [1.82, 2.24) is 4.90 Å². The Kier molecular flexibility index (Phi) is 5.60. The monoisotopic (exact) mass is 261 g/mol. The molecule has 1 N–H and O–H groups in total. The maximum absolute atomic E-state index is 11.9. The third-order valence-corrected chi connectivity index (χ3v) is 2.68. The van der Waals surface area contributed by atoms with Gasteiger partial charge in [0.2, 0.25) is 0 Å². The highest BCUT2D eigenvalue weighted by Gasteiger charge is 2.45. The van der Waals surface area contributed by atoms with Crippen molar-refractivity contribution in [3.8, 4) is 0 Å². The van der Waals surface area contributed by atoms with E-state index in [0.717, 1.165) is 4.90 Å². The second-order valence-electron chi connectivity index (χ2n) is 5.16. The lowest BCUT2D eigenvalue weighted by Gasteiger charge is -2.37. The summed E-state index contributed by atoms with van der Waals surface area (Å²) in [6.45, 7) is 6.78. The van der Waals surface area contributed by atoms with Gasteiger partial charge in [-0.2, -0.15) is 0 Å². The Morgan fingerprint density at radius 2 is 1.78 bits per heavy atom. The molecular weight excluding hydrogens is 238 g/mol. The summed E-state index contributed by atoms with van der Waals surface area (Å²) in [5, 5.41) is 9.34. The Balaban J connectivity index is 5.13. The van der Waals surface area contributed by atoms with Gasteiger partial charge in [0.1, 0.15) is 5.60 Å². The molecule has 106 valence electrons. The number of hydrogen-bond donors (Lipinski definition) is 1. The fraction of sp³-hybridized carbons (Fsp3) is 0.833. The molecule has 0 aliphatic carbocycles. The third-order valence-electron chi connectivity index (χ3n) is 2.68. The van der Waals surface area contributed by atoms with E-state index in [0.29, 0.717) is 0 Å². The fourth-order valence-electron chi connectivity index (χ4n) is 1.54. The smallest absolute Gasteiger partial charge is 0.411 e. The summed E-state index contributed by atoms with van der Waals surface area (Å²) >= 11 is 0. The van der Waals surface area contributed by atoms with E-state index >= 15 is 0 Å². The van der Waals surface area contributed by atoms with E-state index in [1.807, 2.05) is 0 Å². The van der Waals surface area contributed by atoms with E-state index in [9.17, 15) is 14.7 Å². The van der Waals surface area contributed by atoms with Crippen LogP contribution in [0.5, 0.6) is 0 Å². The van der Waals surface area contributed by atoms with Crippen LogP contribution in [-0.2, 0) is 14.3 Å². The van der Waals surface area contributed by atoms with Crippen LogP contribution in [0.2, 0.25) is 0 Å². The molecule has 18 heavy (non-hydrogen) atoms. The summed E-state index contributed by atoms with van der Waals surface area (Å²) in [5.41, 5.74) is -2.08. The summed E-state index contributed by atoms with van der Waals surface area (Å²) in [4.78, 5) is 24.4. The minimum absolute atomic E-state index is 0.0887. The number of carboxylic acids is 1. The van der Waals surface area contributed by atoms with E-state index in [1.165, 1.54) is 14.2 Å². The lowest BCUT2D eigenvalue weighted by molar-refractivity contribution is -0.154. The number of amides is 1. The number of rotatable bonds is 5. The zero-order valence-corrected chi connectivity index (χ0v) is 11.9. The molecule has 0 fully saturated rings. The van der Waals surface area contributed by atoms with Crippen molar-refractivity contribution in [2.45, 2.75) is 45.3 Å². The highest BCUT2D eigenvalue weighted by molar-refractivity contribution is 5.84. The number of aliphatic carboxylic acids is 1. The van der Waals surface area contributed by atoms with E-state index in [4.69, 9.17) is 9.47 Å². The Morgan fingerprint density at radius 1 is 1.28 bits per heavy atom. The molecule has 0 aromatic carbocycles. The molecule has 0 bridgehead atoms. The van der Waals surface area contributed by atoms with E-state index in [-0.39, 0.29) is 13.0 Å².